The Kier molecular flexibility index (Phi) is 3.10. The summed E-state index contributed by atoms with van der Waals surface area (Å²) in [6, 6.07) is 1.23. The third-order valence-electron chi connectivity index (χ3n) is 3.93. The van der Waals surface area contributed by atoms with E-state index in [4.69, 9.17) is 14.2 Å². The maximum absolute atomic E-state index is 14.2. The van der Waals surface area contributed by atoms with Crippen molar-refractivity contribution in [1.29, 1.82) is 0 Å². The van der Waals surface area contributed by atoms with Crippen molar-refractivity contribution in [3.05, 3.63) is 17.4 Å². The van der Waals surface area contributed by atoms with E-state index in [1.54, 1.807) is 6.08 Å². The van der Waals surface area contributed by atoms with Crippen molar-refractivity contribution in [2.24, 2.45) is 4.99 Å². The van der Waals surface area contributed by atoms with Gasteiger partial charge in [-0.2, -0.15) is 4.99 Å². The van der Waals surface area contributed by atoms with Crippen LogP contribution in [0, 0.1) is 5.82 Å². The Bertz CT molecular complexity index is 586. The van der Waals surface area contributed by atoms with Gasteiger partial charge in [-0.25, -0.2) is 9.18 Å². The predicted molar refractivity (Wildman–Crippen MR) is 67.3 cm³/mol. The van der Waals surface area contributed by atoms with Crippen molar-refractivity contribution in [3.8, 4) is 17.2 Å². The molecule has 1 aliphatic carbocycles. The molecule has 1 fully saturated rings. The van der Waals surface area contributed by atoms with Crippen molar-refractivity contribution in [1.82, 2.24) is 0 Å². The molecule has 0 atom stereocenters. The van der Waals surface area contributed by atoms with Crippen LogP contribution in [0.4, 0.5) is 4.39 Å². The number of ether oxygens (including phenoxy) is 3. The first-order chi connectivity index (χ1) is 9.72. The van der Waals surface area contributed by atoms with E-state index < -0.39 is 11.4 Å². The molecule has 1 aromatic rings. The van der Waals surface area contributed by atoms with Gasteiger partial charge in [0, 0.05) is 6.07 Å². The van der Waals surface area contributed by atoms with Crippen molar-refractivity contribution < 1.29 is 23.4 Å². The Morgan fingerprint density at radius 3 is 2.80 bits per heavy atom. The lowest BCUT2D eigenvalue weighted by atomic mass is 9.87. The van der Waals surface area contributed by atoms with Crippen LogP contribution in [0.2, 0.25) is 0 Å². The molecule has 1 aliphatic heterocycles. The van der Waals surface area contributed by atoms with E-state index in [0.29, 0.717) is 29.9 Å². The average Bonchev–Trinajstić information content (AvgIpc) is 3.07. The first kappa shape index (κ1) is 12.9. The highest BCUT2D eigenvalue weighted by atomic mass is 19.1. The fourth-order valence-corrected chi connectivity index (χ4v) is 3.08. The molecule has 1 saturated carbocycles. The number of benzene rings is 1. The Balaban J connectivity index is 2.28. The van der Waals surface area contributed by atoms with Crippen LogP contribution in [-0.4, -0.2) is 20.0 Å². The fraction of sp³-hybridized carbons (Fsp3) is 0.500. The van der Waals surface area contributed by atoms with E-state index in [1.807, 2.05) is 0 Å². The molecular weight excluding hydrogens is 265 g/mol. The number of isocyanates is 1. The Labute approximate surface area is 115 Å². The van der Waals surface area contributed by atoms with Gasteiger partial charge < -0.3 is 14.2 Å². The van der Waals surface area contributed by atoms with E-state index in [2.05, 4.69) is 4.99 Å². The van der Waals surface area contributed by atoms with Gasteiger partial charge in [0.25, 0.3) is 0 Å². The molecule has 20 heavy (non-hydrogen) atoms. The molecule has 3 rings (SSSR count). The quantitative estimate of drug-likeness (QED) is 0.630. The number of carbonyl (C=O) groups excluding carboxylic acids is 1. The summed E-state index contributed by atoms with van der Waals surface area (Å²) in [5, 5.41) is 0. The molecule has 0 saturated heterocycles. The Hall–Kier alpha value is -2.07. The van der Waals surface area contributed by atoms with E-state index >= 15 is 0 Å². The predicted octanol–water partition coefficient (Wildman–Crippen LogP) is 2.67. The fourth-order valence-electron chi connectivity index (χ4n) is 3.08. The minimum absolute atomic E-state index is 0.0236. The summed E-state index contributed by atoms with van der Waals surface area (Å²) < 4.78 is 30.0. The lowest BCUT2D eigenvalue weighted by molar-refractivity contribution is 0.171. The number of methoxy groups -OCH3 is 1. The highest BCUT2D eigenvalue weighted by molar-refractivity contribution is 5.60. The molecule has 0 spiro atoms. The summed E-state index contributed by atoms with van der Waals surface area (Å²) >= 11 is 0. The number of rotatable bonds is 3. The molecule has 0 aromatic heterocycles. The zero-order valence-corrected chi connectivity index (χ0v) is 11.1. The monoisotopic (exact) mass is 279 g/mol. The molecule has 6 heteroatoms. The number of halogens is 1. The van der Waals surface area contributed by atoms with Gasteiger partial charge in [-0.15, -0.1) is 0 Å². The molecule has 0 radical (unpaired) electrons. The maximum Gasteiger partial charge on any atom is 0.235 e. The molecule has 5 nitrogen and oxygen atoms in total. The molecular formula is C14H14FNO4. The Morgan fingerprint density at radius 1 is 1.40 bits per heavy atom. The summed E-state index contributed by atoms with van der Waals surface area (Å²) in [6.45, 7) is 0.0236. The lowest BCUT2D eigenvalue weighted by Gasteiger charge is -2.26. The molecule has 0 amide bonds. The first-order valence-electron chi connectivity index (χ1n) is 6.47. The van der Waals surface area contributed by atoms with Gasteiger partial charge in [-0.3, -0.25) is 0 Å². The molecule has 0 unspecified atom stereocenters. The normalized spacial score (nSPS) is 18.7. The summed E-state index contributed by atoms with van der Waals surface area (Å²) in [5.41, 5.74) is -0.360. The third kappa shape index (κ3) is 1.76. The van der Waals surface area contributed by atoms with Gasteiger partial charge >= 0.3 is 0 Å². The second kappa shape index (κ2) is 4.80. The van der Waals surface area contributed by atoms with Crippen LogP contribution in [0.5, 0.6) is 17.2 Å². The van der Waals surface area contributed by atoms with Crippen LogP contribution in [0.25, 0.3) is 0 Å². The molecule has 106 valence electrons. The van der Waals surface area contributed by atoms with Gasteiger partial charge in [0.2, 0.25) is 12.9 Å². The molecule has 2 aliphatic rings. The lowest BCUT2D eigenvalue weighted by Crippen LogP contribution is -2.21. The Morgan fingerprint density at radius 2 is 2.15 bits per heavy atom. The minimum atomic E-state index is -0.826. The van der Waals surface area contributed by atoms with Crippen molar-refractivity contribution >= 4 is 6.08 Å². The molecule has 1 aromatic carbocycles. The molecule has 0 N–H and O–H groups in total. The number of hydrogen-bond acceptors (Lipinski definition) is 5. The van der Waals surface area contributed by atoms with Crippen LogP contribution < -0.4 is 14.2 Å². The van der Waals surface area contributed by atoms with Crippen LogP contribution >= 0.6 is 0 Å². The molecule has 1 heterocycles. The summed E-state index contributed by atoms with van der Waals surface area (Å²) in [5.74, 6) is 0.268. The van der Waals surface area contributed by atoms with E-state index in [1.165, 1.54) is 13.2 Å². The standard InChI is InChI=1S/C14H14FNO4/c1-18-12-9(15)6-10-13(20-8-19-10)11(12)14(16-7-17)4-2-3-5-14/h6H,2-5,8H2,1H3. The maximum atomic E-state index is 14.2. The van der Waals surface area contributed by atoms with Gasteiger partial charge in [0.1, 0.15) is 5.54 Å². The second-order valence-corrected chi connectivity index (χ2v) is 4.94. The van der Waals surface area contributed by atoms with Crippen molar-refractivity contribution in [3.63, 3.8) is 0 Å². The number of aliphatic imine (C=N–C) groups is 1. The minimum Gasteiger partial charge on any atom is -0.493 e. The van der Waals surface area contributed by atoms with Gasteiger partial charge in [0.05, 0.1) is 12.7 Å². The largest absolute Gasteiger partial charge is 0.493 e. The summed E-state index contributed by atoms with van der Waals surface area (Å²) in [4.78, 5) is 14.8. The highest BCUT2D eigenvalue weighted by Gasteiger charge is 2.44. The van der Waals surface area contributed by atoms with Crippen LogP contribution in [0.15, 0.2) is 11.1 Å². The number of hydrogen-bond donors (Lipinski definition) is 0. The SMILES string of the molecule is COc1c(F)cc2c(c1C1(N=C=O)CCCC1)OCO2. The second-order valence-electron chi connectivity index (χ2n) is 4.94. The van der Waals surface area contributed by atoms with E-state index in [0.717, 1.165) is 12.8 Å². The van der Waals surface area contributed by atoms with Crippen LogP contribution in [0.3, 0.4) is 0 Å². The van der Waals surface area contributed by atoms with Crippen LogP contribution in [-0.2, 0) is 10.3 Å². The zero-order valence-electron chi connectivity index (χ0n) is 11.1. The van der Waals surface area contributed by atoms with Gasteiger partial charge in [-0.1, -0.05) is 12.8 Å². The smallest absolute Gasteiger partial charge is 0.235 e. The summed E-state index contributed by atoms with van der Waals surface area (Å²) in [7, 11) is 1.39. The van der Waals surface area contributed by atoms with Crippen molar-refractivity contribution in [2.75, 3.05) is 13.9 Å². The van der Waals surface area contributed by atoms with Gasteiger partial charge in [-0.05, 0) is 12.8 Å². The highest BCUT2D eigenvalue weighted by Crippen LogP contribution is 2.54. The zero-order chi connectivity index (χ0) is 14.2. The first-order valence-corrected chi connectivity index (χ1v) is 6.47. The summed E-state index contributed by atoms with van der Waals surface area (Å²) in [6.07, 6.45) is 4.69. The van der Waals surface area contributed by atoms with E-state index in [9.17, 15) is 9.18 Å². The average molecular weight is 279 g/mol. The van der Waals surface area contributed by atoms with Crippen molar-refractivity contribution in [2.45, 2.75) is 31.2 Å². The molecule has 0 bridgehead atoms. The number of fused-ring (bicyclic) bond motifs is 1. The topological polar surface area (TPSA) is 57.1 Å². The van der Waals surface area contributed by atoms with Gasteiger partial charge in [0.15, 0.2) is 23.1 Å². The van der Waals surface area contributed by atoms with Crippen LogP contribution in [0.1, 0.15) is 31.2 Å². The van der Waals surface area contributed by atoms with E-state index in [-0.39, 0.29) is 12.5 Å². The number of nitrogens with zero attached hydrogens (tertiary/aromatic N) is 1. The third-order valence-corrected chi connectivity index (χ3v) is 3.93.